The Morgan fingerprint density at radius 1 is 1.28 bits per heavy atom. The van der Waals surface area contributed by atoms with Gasteiger partial charge in [-0.3, -0.25) is 4.79 Å². The molecule has 0 radical (unpaired) electrons. The Bertz CT molecular complexity index is 744. The highest BCUT2D eigenvalue weighted by Crippen LogP contribution is 2.54. The molecule has 1 amide bonds. The van der Waals surface area contributed by atoms with Crippen LogP contribution < -0.4 is 10.1 Å². The van der Waals surface area contributed by atoms with Gasteiger partial charge >= 0.3 is 0 Å². The number of benzene rings is 2. The number of amides is 1. The van der Waals surface area contributed by atoms with E-state index in [1.54, 1.807) is 18.2 Å². The molecule has 5 heteroatoms. The van der Waals surface area contributed by atoms with Crippen molar-refractivity contribution in [1.82, 2.24) is 5.32 Å². The predicted octanol–water partition coefficient (Wildman–Crippen LogP) is 3.66. The lowest BCUT2D eigenvalue weighted by molar-refractivity contribution is -0.123. The number of carbonyl (C=O) groups excluding carboxylic acids is 1. The highest BCUT2D eigenvalue weighted by atomic mass is 35.5. The summed E-state index contributed by atoms with van der Waals surface area (Å²) in [5.41, 5.74) is 1.54. The number of rotatable bonds is 7. The molecule has 0 saturated heterocycles. The van der Waals surface area contributed by atoms with Gasteiger partial charge in [0.2, 0.25) is 0 Å². The van der Waals surface area contributed by atoms with Crippen molar-refractivity contribution in [3.05, 3.63) is 64.7 Å². The third kappa shape index (κ3) is 4.33. The van der Waals surface area contributed by atoms with Crippen LogP contribution in [0.3, 0.4) is 0 Å². The molecule has 0 bridgehead atoms. The molecule has 0 aromatic heterocycles. The van der Waals surface area contributed by atoms with Crippen molar-refractivity contribution in [2.75, 3.05) is 13.2 Å². The second-order valence-corrected chi connectivity index (χ2v) is 7.06. The van der Waals surface area contributed by atoms with E-state index in [2.05, 4.69) is 5.32 Å². The Morgan fingerprint density at radius 2 is 2.00 bits per heavy atom. The smallest absolute Gasteiger partial charge is 0.257 e. The molecule has 132 valence electrons. The van der Waals surface area contributed by atoms with Crippen LogP contribution in [0.2, 0.25) is 5.02 Å². The minimum atomic E-state index is -0.561. The normalized spacial score (nSPS) is 16.1. The lowest BCUT2D eigenvalue weighted by Gasteiger charge is -2.23. The topological polar surface area (TPSA) is 58.6 Å². The fourth-order valence-corrected chi connectivity index (χ4v) is 3.00. The minimum absolute atomic E-state index is 0.0570. The molecular weight excluding hydrogens is 338 g/mol. The monoisotopic (exact) mass is 359 g/mol. The van der Waals surface area contributed by atoms with E-state index >= 15 is 0 Å². The Morgan fingerprint density at radius 3 is 2.64 bits per heavy atom. The highest BCUT2D eigenvalue weighted by molar-refractivity contribution is 6.31. The molecule has 2 aromatic carbocycles. The van der Waals surface area contributed by atoms with Crippen LogP contribution >= 0.6 is 11.6 Å². The molecule has 25 heavy (non-hydrogen) atoms. The molecule has 0 unspecified atom stereocenters. The van der Waals surface area contributed by atoms with Crippen molar-refractivity contribution in [3.63, 3.8) is 0 Å². The van der Waals surface area contributed by atoms with Gasteiger partial charge in [0.25, 0.3) is 5.91 Å². The second kappa shape index (κ2) is 7.46. The van der Waals surface area contributed by atoms with Crippen molar-refractivity contribution < 1.29 is 14.6 Å². The molecule has 2 aromatic rings. The van der Waals surface area contributed by atoms with Gasteiger partial charge in [-0.05, 0) is 49.1 Å². The van der Waals surface area contributed by atoms with Gasteiger partial charge < -0.3 is 15.2 Å². The van der Waals surface area contributed by atoms with Crippen molar-refractivity contribution >= 4 is 17.5 Å². The minimum Gasteiger partial charge on any atom is -0.484 e. The van der Waals surface area contributed by atoms with E-state index in [9.17, 15) is 9.90 Å². The van der Waals surface area contributed by atoms with Gasteiger partial charge in [-0.2, -0.15) is 0 Å². The average Bonchev–Trinajstić information content (AvgIpc) is 3.42. The van der Waals surface area contributed by atoms with Crippen LogP contribution in [-0.2, 0) is 4.79 Å². The first-order valence-electron chi connectivity index (χ1n) is 8.39. The summed E-state index contributed by atoms with van der Waals surface area (Å²) >= 11 is 5.97. The Labute approximate surface area is 152 Å². The van der Waals surface area contributed by atoms with Gasteiger partial charge in [-0.1, -0.05) is 41.9 Å². The summed E-state index contributed by atoms with van der Waals surface area (Å²) in [5.74, 6) is 0.418. The summed E-state index contributed by atoms with van der Waals surface area (Å²) in [6.07, 6.45) is 1.25. The third-order valence-electron chi connectivity index (χ3n) is 4.72. The maximum atomic E-state index is 12.1. The Balaban J connectivity index is 1.49. The first-order valence-corrected chi connectivity index (χ1v) is 8.77. The van der Waals surface area contributed by atoms with E-state index in [0.717, 1.165) is 24.0 Å². The van der Waals surface area contributed by atoms with E-state index in [4.69, 9.17) is 16.3 Å². The van der Waals surface area contributed by atoms with Gasteiger partial charge in [0.15, 0.2) is 6.61 Å². The lowest BCUT2D eigenvalue weighted by Crippen LogP contribution is -2.36. The average molecular weight is 360 g/mol. The standard InChI is InChI=1S/C20H22ClNO3/c1-14-11-16(7-8-17(14)21)25-12-18(23)22-13-20(9-10-20)19(24)15-5-3-2-4-6-15/h2-8,11,19,24H,9-10,12-13H2,1H3,(H,22,23)/t19-/m0/s1. The van der Waals surface area contributed by atoms with Crippen molar-refractivity contribution in [1.29, 1.82) is 0 Å². The number of carbonyl (C=O) groups is 1. The molecule has 1 aliphatic rings. The zero-order chi connectivity index (χ0) is 17.9. The maximum Gasteiger partial charge on any atom is 0.257 e. The number of aliphatic hydroxyl groups excluding tert-OH is 1. The maximum absolute atomic E-state index is 12.1. The van der Waals surface area contributed by atoms with Crippen LogP contribution in [0.4, 0.5) is 0 Å². The molecule has 4 nitrogen and oxygen atoms in total. The van der Waals surface area contributed by atoms with E-state index in [-0.39, 0.29) is 17.9 Å². The van der Waals surface area contributed by atoms with Crippen LogP contribution in [0.1, 0.15) is 30.1 Å². The molecule has 0 heterocycles. The largest absolute Gasteiger partial charge is 0.484 e. The van der Waals surface area contributed by atoms with Crippen LogP contribution in [0.15, 0.2) is 48.5 Å². The van der Waals surface area contributed by atoms with Crippen LogP contribution in [0.25, 0.3) is 0 Å². The summed E-state index contributed by atoms with van der Waals surface area (Å²) < 4.78 is 5.50. The number of halogens is 1. The van der Waals surface area contributed by atoms with Crippen LogP contribution in [0.5, 0.6) is 5.75 Å². The van der Waals surface area contributed by atoms with Crippen molar-refractivity contribution in [3.8, 4) is 5.75 Å². The molecule has 1 saturated carbocycles. The molecular formula is C20H22ClNO3. The Kier molecular flexibility index (Phi) is 5.30. The molecule has 1 fully saturated rings. The van der Waals surface area contributed by atoms with Gasteiger partial charge in [0, 0.05) is 17.0 Å². The summed E-state index contributed by atoms with van der Waals surface area (Å²) in [5, 5.41) is 14.1. The van der Waals surface area contributed by atoms with Gasteiger partial charge in [0.1, 0.15) is 5.75 Å². The summed E-state index contributed by atoms with van der Waals surface area (Å²) in [6.45, 7) is 2.28. The van der Waals surface area contributed by atoms with Crippen molar-refractivity contribution in [2.24, 2.45) is 5.41 Å². The first kappa shape index (κ1) is 17.8. The van der Waals surface area contributed by atoms with Gasteiger partial charge in [0.05, 0.1) is 6.10 Å². The summed E-state index contributed by atoms with van der Waals surface area (Å²) in [6, 6.07) is 14.9. The molecule has 0 aliphatic heterocycles. The van der Waals surface area contributed by atoms with E-state index in [1.165, 1.54) is 0 Å². The van der Waals surface area contributed by atoms with Crippen molar-refractivity contribution in [2.45, 2.75) is 25.9 Å². The summed E-state index contributed by atoms with van der Waals surface area (Å²) in [7, 11) is 0. The van der Waals surface area contributed by atoms with E-state index in [0.29, 0.717) is 17.3 Å². The number of aryl methyl sites for hydroxylation is 1. The highest BCUT2D eigenvalue weighted by Gasteiger charge is 2.49. The van der Waals surface area contributed by atoms with Gasteiger partial charge in [-0.25, -0.2) is 0 Å². The fraction of sp³-hybridized carbons (Fsp3) is 0.350. The zero-order valence-corrected chi connectivity index (χ0v) is 14.9. The summed E-state index contributed by atoms with van der Waals surface area (Å²) in [4.78, 5) is 12.1. The molecule has 3 rings (SSSR count). The van der Waals surface area contributed by atoms with E-state index < -0.39 is 6.10 Å². The molecule has 2 N–H and O–H groups in total. The number of hydrogen-bond acceptors (Lipinski definition) is 3. The SMILES string of the molecule is Cc1cc(OCC(=O)NCC2([C@@H](O)c3ccccc3)CC2)ccc1Cl. The second-order valence-electron chi connectivity index (χ2n) is 6.65. The molecule has 0 spiro atoms. The van der Waals surface area contributed by atoms with Crippen LogP contribution in [-0.4, -0.2) is 24.2 Å². The number of aliphatic hydroxyl groups is 1. The van der Waals surface area contributed by atoms with Crippen LogP contribution in [0, 0.1) is 12.3 Å². The fourth-order valence-electron chi connectivity index (χ4n) is 2.88. The quantitative estimate of drug-likeness (QED) is 0.793. The predicted molar refractivity (Wildman–Crippen MR) is 97.8 cm³/mol. The third-order valence-corrected chi connectivity index (χ3v) is 5.15. The molecule has 1 aliphatic carbocycles. The van der Waals surface area contributed by atoms with Gasteiger partial charge in [-0.15, -0.1) is 0 Å². The number of ether oxygens (including phenoxy) is 1. The van der Waals surface area contributed by atoms with E-state index in [1.807, 2.05) is 37.3 Å². The molecule has 1 atom stereocenters. The number of hydrogen-bond donors (Lipinski definition) is 2. The number of nitrogens with one attached hydrogen (secondary N) is 1. The Hall–Kier alpha value is -2.04. The lowest BCUT2D eigenvalue weighted by atomic mass is 9.93. The zero-order valence-electron chi connectivity index (χ0n) is 14.2. The first-order chi connectivity index (χ1) is 12.0.